The van der Waals surface area contributed by atoms with E-state index in [4.69, 9.17) is 4.74 Å². The number of hydrogen-bond acceptors (Lipinski definition) is 9. The molecule has 1 aliphatic carbocycles. The van der Waals surface area contributed by atoms with Crippen molar-refractivity contribution in [1.29, 1.82) is 5.26 Å². The van der Waals surface area contributed by atoms with Gasteiger partial charge < -0.3 is 15.0 Å². The van der Waals surface area contributed by atoms with Gasteiger partial charge in [-0.05, 0) is 31.7 Å². The van der Waals surface area contributed by atoms with Crippen LogP contribution >= 0.6 is 0 Å². The molecule has 1 aliphatic heterocycles. The molecule has 6 rings (SSSR count). The van der Waals surface area contributed by atoms with E-state index in [1.54, 1.807) is 6.20 Å². The Bertz CT molecular complexity index is 1610. The smallest absolute Gasteiger partial charge is 0.451 e. The first-order valence-corrected chi connectivity index (χ1v) is 14.4. The van der Waals surface area contributed by atoms with Gasteiger partial charge in [0.2, 0.25) is 11.7 Å². The van der Waals surface area contributed by atoms with Gasteiger partial charge in [-0.25, -0.2) is 15.0 Å². The van der Waals surface area contributed by atoms with Crippen LogP contribution in [0.25, 0.3) is 22.3 Å². The molecule has 0 atom stereocenters. The molecule has 4 aromatic heterocycles. The quantitative estimate of drug-likeness (QED) is 0.288. The number of aromatic amines is 1. The van der Waals surface area contributed by atoms with E-state index in [1.165, 1.54) is 12.4 Å². The monoisotopic (exact) mass is 594 g/mol. The molecule has 0 aromatic carbocycles. The van der Waals surface area contributed by atoms with Crippen molar-refractivity contribution < 1.29 is 17.9 Å². The Morgan fingerprint density at radius 2 is 1.98 bits per heavy atom. The van der Waals surface area contributed by atoms with Crippen LogP contribution in [0.4, 0.5) is 13.2 Å². The predicted molar refractivity (Wildman–Crippen MR) is 151 cm³/mol. The van der Waals surface area contributed by atoms with Crippen molar-refractivity contribution >= 4 is 11.0 Å². The normalized spacial score (nSPS) is 20.7. The molecule has 5 heterocycles. The zero-order chi connectivity index (χ0) is 30.2. The molecule has 14 heteroatoms. The van der Waals surface area contributed by atoms with Gasteiger partial charge in [-0.2, -0.15) is 28.5 Å². The van der Waals surface area contributed by atoms with Gasteiger partial charge in [0.1, 0.15) is 23.6 Å². The number of likely N-dealkylation sites (tertiary alicyclic amines) is 1. The summed E-state index contributed by atoms with van der Waals surface area (Å²) in [6, 6.07) is 6.16. The average Bonchev–Trinajstić information content (AvgIpc) is 3.64. The van der Waals surface area contributed by atoms with Crippen molar-refractivity contribution in [3.05, 3.63) is 48.6 Å². The highest BCUT2D eigenvalue weighted by molar-refractivity contribution is 5.90. The lowest BCUT2D eigenvalue weighted by atomic mass is 9.82. The standard InChI is InChI=1S/C29H33F3N10O/c1-18(2)35-13-20-11-24(40-27(39-20)29(30,31)32)43-22-5-3-21(4-6-22)41-15-28(16-41,8-9-33)42-14-19(12-38-42)25-23-7-10-34-26(23)37-17-36-25/h7,10-12,14,17-18,21-22,35H,3-6,8,13,15-16H2,1-2H3,(H,34,36,37)/t21-,22+. The van der Waals surface area contributed by atoms with E-state index >= 15 is 0 Å². The number of H-pyrrole nitrogens is 1. The summed E-state index contributed by atoms with van der Waals surface area (Å²) in [7, 11) is 0. The van der Waals surface area contributed by atoms with Gasteiger partial charge >= 0.3 is 6.18 Å². The van der Waals surface area contributed by atoms with Crippen LogP contribution in [-0.4, -0.2) is 70.9 Å². The second-order valence-electron chi connectivity index (χ2n) is 11.7. The molecule has 1 saturated carbocycles. The molecule has 2 aliphatic rings. The van der Waals surface area contributed by atoms with Crippen LogP contribution in [0.3, 0.4) is 0 Å². The van der Waals surface area contributed by atoms with E-state index in [1.807, 2.05) is 37.0 Å². The first-order valence-electron chi connectivity index (χ1n) is 14.4. The average molecular weight is 595 g/mol. The lowest BCUT2D eigenvalue weighted by Crippen LogP contribution is -2.65. The van der Waals surface area contributed by atoms with Crippen LogP contribution < -0.4 is 10.1 Å². The molecular formula is C29H33F3N10O. The molecule has 2 fully saturated rings. The van der Waals surface area contributed by atoms with Crippen molar-refractivity contribution in [2.45, 2.75) is 82.4 Å². The maximum absolute atomic E-state index is 13.4. The number of rotatable bonds is 9. The van der Waals surface area contributed by atoms with E-state index in [-0.39, 0.29) is 30.3 Å². The minimum absolute atomic E-state index is 0.0431. The van der Waals surface area contributed by atoms with E-state index in [0.29, 0.717) is 38.4 Å². The largest absolute Gasteiger partial charge is 0.474 e. The maximum Gasteiger partial charge on any atom is 0.451 e. The summed E-state index contributed by atoms with van der Waals surface area (Å²) >= 11 is 0. The van der Waals surface area contributed by atoms with Crippen molar-refractivity contribution in [3.63, 3.8) is 0 Å². The zero-order valence-corrected chi connectivity index (χ0v) is 24.0. The number of ether oxygens (including phenoxy) is 1. The third-order valence-corrected chi connectivity index (χ3v) is 8.25. The minimum Gasteiger partial charge on any atom is -0.474 e. The van der Waals surface area contributed by atoms with Gasteiger partial charge in [0.15, 0.2) is 0 Å². The van der Waals surface area contributed by atoms with E-state index in [9.17, 15) is 18.4 Å². The number of alkyl halides is 3. The third kappa shape index (κ3) is 6.05. The molecule has 0 bridgehead atoms. The summed E-state index contributed by atoms with van der Waals surface area (Å²) in [6.45, 7) is 5.40. The maximum atomic E-state index is 13.4. The van der Waals surface area contributed by atoms with Gasteiger partial charge in [-0.3, -0.25) is 9.58 Å². The van der Waals surface area contributed by atoms with Gasteiger partial charge in [0, 0.05) is 61.1 Å². The Morgan fingerprint density at radius 1 is 1.19 bits per heavy atom. The topological polar surface area (TPSA) is 133 Å². The van der Waals surface area contributed by atoms with E-state index in [0.717, 1.165) is 35.1 Å². The Morgan fingerprint density at radius 3 is 2.70 bits per heavy atom. The third-order valence-electron chi connectivity index (χ3n) is 8.25. The lowest BCUT2D eigenvalue weighted by Gasteiger charge is -2.53. The van der Waals surface area contributed by atoms with E-state index < -0.39 is 17.5 Å². The fraction of sp³-hybridized carbons (Fsp3) is 0.517. The summed E-state index contributed by atoms with van der Waals surface area (Å²) in [5.41, 5.74) is 2.21. The Hall–Kier alpha value is -4.09. The molecule has 2 N–H and O–H groups in total. The number of aromatic nitrogens is 7. The van der Waals surface area contributed by atoms with Crippen LogP contribution in [0, 0.1) is 11.3 Å². The summed E-state index contributed by atoms with van der Waals surface area (Å²) in [5.74, 6) is -1.23. The lowest BCUT2D eigenvalue weighted by molar-refractivity contribution is -0.145. The van der Waals surface area contributed by atoms with Crippen LogP contribution in [0.5, 0.6) is 5.88 Å². The van der Waals surface area contributed by atoms with Crippen molar-refractivity contribution in [1.82, 2.24) is 44.9 Å². The van der Waals surface area contributed by atoms with E-state index in [2.05, 4.69) is 46.3 Å². The number of halogens is 3. The van der Waals surface area contributed by atoms with Crippen LogP contribution in [0.2, 0.25) is 0 Å². The van der Waals surface area contributed by atoms with Crippen LogP contribution in [0.1, 0.15) is 57.5 Å². The fourth-order valence-corrected chi connectivity index (χ4v) is 6.02. The molecule has 4 aromatic rings. The second kappa shape index (κ2) is 11.5. The number of hydrogen-bond donors (Lipinski definition) is 2. The highest BCUT2D eigenvalue weighted by Crippen LogP contribution is 2.39. The molecule has 43 heavy (non-hydrogen) atoms. The van der Waals surface area contributed by atoms with Crippen molar-refractivity contribution in [2.75, 3.05) is 13.1 Å². The van der Waals surface area contributed by atoms with Crippen LogP contribution in [0.15, 0.2) is 37.1 Å². The van der Waals surface area contributed by atoms with Crippen molar-refractivity contribution in [2.24, 2.45) is 0 Å². The molecule has 0 amide bonds. The van der Waals surface area contributed by atoms with Gasteiger partial charge in [-0.15, -0.1) is 0 Å². The van der Waals surface area contributed by atoms with Gasteiger partial charge in [0.05, 0.1) is 30.1 Å². The minimum atomic E-state index is -4.66. The van der Waals surface area contributed by atoms with Gasteiger partial charge in [-0.1, -0.05) is 13.8 Å². The fourth-order valence-electron chi connectivity index (χ4n) is 6.02. The molecule has 0 spiro atoms. The summed E-state index contributed by atoms with van der Waals surface area (Å²) < 4.78 is 48.2. The Labute approximate surface area is 246 Å². The van der Waals surface area contributed by atoms with Gasteiger partial charge in [0.25, 0.3) is 0 Å². The first kappa shape index (κ1) is 29.0. The molecule has 0 radical (unpaired) electrons. The first-order chi connectivity index (χ1) is 20.6. The Balaban J connectivity index is 1.08. The highest BCUT2D eigenvalue weighted by atomic mass is 19.4. The summed E-state index contributed by atoms with van der Waals surface area (Å²) in [4.78, 5) is 21.5. The summed E-state index contributed by atoms with van der Waals surface area (Å²) in [6.07, 6.45) is 5.59. The molecule has 0 unspecified atom stereocenters. The van der Waals surface area contributed by atoms with Crippen molar-refractivity contribution in [3.8, 4) is 23.2 Å². The molecular weight excluding hydrogens is 561 g/mol. The zero-order valence-electron chi connectivity index (χ0n) is 24.0. The SMILES string of the molecule is CC(C)NCc1cc(O[C@H]2CC[C@@H](N3CC(CC#N)(n4cc(-c5ncnc6[nH]ccc56)cn4)C3)CC2)nc(C(F)(F)F)n1. The number of nitrogens with one attached hydrogen (secondary N) is 2. The second-order valence-corrected chi connectivity index (χ2v) is 11.7. The molecule has 226 valence electrons. The predicted octanol–water partition coefficient (Wildman–Crippen LogP) is 4.44. The number of fused-ring (bicyclic) bond motifs is 1. The highest BCUT2D eigenvalue weighted by Gasteiger charge is 2.48. The number of nitriles is 1. The molecule has 1 saturated heterocycles. The van der Waals surface area contributed by atoms with Crippen LogP contribution in [-0.2, 0) is 18.3 Å². The number of nitrogens with zero attached hydrogens (tertiary/aromatic N) is 8. The Kier molecular flexibility index (Phi) is 7.78. The summed E-state index contributed by atoms with van der Waals surface area (Å²) in [5, 5.41) is 18.3. The molecule has 11 nitrogen and oxygen atoms in total.